The van der Waals surface area contributed by atoms with E-state index in [1.54, 1.807) is 30.6 Å². The molecular formula is C29H26N6O. The summed E-state index contributed by atoms with van der Waals surface area (Å²) >= 11 is 0. The van der Waals surface area contributed by atoms with E-state index in [9.17, 15) is 4.79 Å². The maximum absolute atomic E-state index is 13.6. The number of amides is 1. The number of aromatic nitrogens is 4. The van der Waals surface area contributed by atoms with Crippen LogP contribution in [0.1, 0.15) is 75.5 Å². The van der Waals surface area contributed by atoms with Crippen LogP contribution in [0.15, 0.2) is 48.8 Å². The molecule has 7 nitrogen and oxygen atoms in total. The number of hydrogen-bond acceptors (Lipinski definition) is 5. The molecule has 7 heteroatoms. The second kappa shape index (κ2) is 7.25. The summed E-state index contributed by atoms with van der Waals surface area (Å²) in [5.41, 5.74) is 10.9. The van der Waals surface area contributed by atoms with Crippen LogP contribution < -0.4 is 5.73 Å². The second-order valence-electron chi connectivity index (χ2n) is 10.2. The van der Waals surface area contributed by atoms with Gasteiger partial charge in [0.1, 0.15) is 11.6 Å². The zero-order valence-corrected chi connectivity index (χ0v) is 19.8. The first-order chi connectivity index (χ1) is 18.6. The molecule has 2 aromatic carbocycles. The van der Waals surface area contributed by atoms with Crippen molar-refractivity contribution in [3.8, 4) is 23.5 Å². The normalized spacial score (nSPS) is 27.8. The van der Waals surface area contributed by atoms with Gasteiger partial charge in [-0.15, -0.1) is 6.42 Å². The van der Waals surface area contributed by atoms with Crippen LogP contribution in [0.25, 0.3) is 22.2 Å². The highest BCUT2D eigenvalue weighted by Gasteiger charge is 2.45. The number of hydrogen-bond donors (Lipinski definition) is 1. The van der Waals surface area contributed by atoms with Crippen LogP contribution in [0.2, 0.25) is 0 Å². The average Bonchev–Trinajstić information content (AvgIpc) is 3.43. The molecule has 1 saturated carbocycles. The Labute approximate surface area is 213 Å². The van der Waals surface area contributed by atoms with Crippen LogP contribution >= 0.6 is 0 Å². The predicted molar refractivity (Wildman–Crippen MR) is 137 cm³/mol. The molecule has 1 aliphatic carbocycles. The molecule has 2 N–H and O–H groups in total. The van der Waals surface area contributed by atoms with Gasteiger partial charge < -0.3 is 15.2 Å². The van der Waals surface area contributed by atoms with Crippen LogP contribution in [0.5, 0.6) is 0 Å². The summed E-state index contributed by atoms with van der Waals surface area (Å²) in [6, 6.07) is 9.98. The molecule has 4 atom stereocenters. The minimum Gasteiger partial charge on any atom is -0.331 e. The molecule has 1 amide bonds. The quantitative estimate of drug-likeness (QED) is 0.438. The van der Waals surface area contributed by atoms with Crippen molar-refractivity contribution < 1.29 is 8.91 Å². The Morgan fingerprint density at radius 1 is 1.19 bits per heavy atom. The zero-order chi connectivity index (χ0) is 27.3. The number of nitrogens with two attached hydrogens (primary N) is 1. The van der Waals surface area contributed by atoms with E-state index in [-0.39, 0.29) is 6.04 Å². The third kappa shape index (κ3) is 2.68. The molecule has 4 heterocycles. The van der Waals surface area contributed by atoms with E-state index in [0.717, 1.165) is 34.4 Å². The SMILES string of the molecule is [2H]C([2H])([2H])N1C(=O)c2cccc(C#C)c2[C@H]2C[C@@H]1c1nc3ccc(-c4cnc(C5(N)CCC5C)nc4)cc3n12. The average molecular weight is 478 g/mol. The van der Waals surface area contributed by atoms with Gasteiger partial charge in [0.2, 0.25) is 0 Å². The van der Waals surface area contributed by atoms with Gasteiger partial charge in [-0.1, -0.05) is 25.0 Å². The van der Waals surface area contributed by atoms with Crippen LogP contribution in [0, 0.1) is 18.3 Å². The van der Waals surface area contributed by atoms with Gasteiger partial charge in [0.05, 0.1) is 28.7 Å². The van der Waals surface area contributed by atoms with Crippen molar-refractivity contribution in [1.82, 2.24) is 24.4 Å². The summed E-state index contributed by atoms with van der Waals surface area (Å²) in [5.74, 6) is 3.70. The summed E-state index contributed by atoms with van der Waals surface area (Å²) < 4.78 is 26.6. The molecule has 7 rings (SSSR count). The van der Waals surface area contributed by atoms with Crippen molar-refractivity contribution in [2.75, 3.05) is 6.98 Å². The first-order valence-electron chi connectivity index (χ1n) is 13.7. The Bertz CT molecular complexity index is 1720. The largest absolute Gasteiger partial charge is 0.331 e. The molecular weight excluding hydrogens is 448 g/mol. The minimum atomic E-state index is -2.64. The Morgan fingerprint density at radius 2 is 2.03 bits per heavy atom. The van der Waals surface area contributed by atoms with E-state index in [1.807, 2.05) is 18.2 Å². The third-order valence-corrected chi connectivity index (χ3v) is 8.40. The fourth-order valence-corrected chi connectivity index (χ4v) is 6.05. The number of carbonyl (C=O) groups is 1. The lowest BCUT2D eigenvalue weighted by Crippen LogP contribution is -2.51. The standard InChI is InChI=1S/C29H26N6O/c1-4-17-6-5-7-20-25(17)23-13-24(34(3)27(20)36)26-33-21-9-8-18(12-22(21)35(23)26)19-14-31-28(32-15-19)29(30)11-10-16(29)2/h1,5-9,12,14-16,23-24H,10-11,13,30H2,2-3H3/t16?,23-,24-,29?/m1/s1/i3D3. The molecule has 2 bridgehead atoms. The first-order valence-corrected chi connectivity index (χ1v) is 12.2. The van der Waals surface area contributed by atoms with Crippen molar-refractivity contribution in [1.29, 1.82) is 0 Å². The molecule has 0 saturated heterocycles. The number of imidazole rings is 1. The van der Waals surface area contributed by atoms with Crippen molar-refractivity contribution in [3.05, 3.63) is 77.1 Å². The Kier molecular flexibility index (Phi) is 3.68. The fourth-order valence-electron chi connectivity index (χ4n) is 6.05. The minimum absolute atomic E-state index is 0.322. The van der Waals surface area contributed by atoms with Crippen LogP contribution in [-0.4, -0.2) is 37.3 Å². The maximum Gasteiger partial charge on any atom is 0.254 e. The Balaban J connectivity index is 1.39. The molecule has 36 heavy (non-hydrogen) atoms. The highest BCUT2D eigenvalue weighted by molar-refractivity contribution is 5.98. The van der Waals surface area contributed by atoms with Gasteiger partial charge in [0, 0.05) is 52.2 Å². The van der Waals surface area contributed by atoms with E-state index in [4.69, 9.17) is 21.3 Å². The predicted octanol–water partition coefficient (Wildman–Crippen LogP) is 4.18. The summed E-state index contributed by atoms with van der Waals surface area (Å²) in [5, 5.41) is 0. The molecule has 2 unspecified atom stereocenters. The molecule has 2 aliphatic heterocycles. The molecule has 178 valence electrons. The third-order valence-electron chi connectivity index (χ3n) is 8.40. The lowest BCUT2D eigenvalue weighted by atomic mass is 9.68. The first kappa shape index (κ1) is 18.3. The zero-order valence-electron chi connectivity index (χ0n) is 22.8. The summed E-state index contributed by atoms with van der Waals surface area (Å²) in [6.45, 7) is -0.520. The van der Waals surface area contributed by atoms with Gasteiger partial charge in [0.25, 0.3) is 5.91 Å². The van der Waals surface area contributed by atoms with Gasteiger partial charge in [-0.25, -0.2) is 15.0 Å². The number of fused-ring (bicyclic) bond motifs is 9. The summed E-state index contributed by atoms with van der Waals surface area (Å²) in [7, 11) is 0. The monoisotopic (exact) mass is 477 g/mol. The molecule has 1 fully saturated rings. The van der Waals surface area contributed by atoms with Crippen molar-refractivity contribution >= 4 is 16.9 Å². The van der Waals surface area contributed by atoms with Gasteiger partial charge >= 0.3 is 0 Å². The topological polar surface area (TPSA) is 89.9 Å². The van der Waals surface area contributed by atoms with Gasteiger partial charge in [-0.2, -0.15) is 0 Å². The van der Waals surface area contributed by atoms with Crippen molar-refractivity contribution in [3.63, 3.8) is 0 Å². The molecule has 3 aliphatic rings. The Morgan fingerprint density at radius 3 is 2.72 bits per heavy atom. The van der Waals surface area contributed by atoms with E-state index in [2.05, 4.69) is 27.4 Å². The molecule has 2 aromatic heterocycles. The number of terminal acetylenes is 1. The lowest BCUT2D eigenvalue weighted by molar-refractivity contribution is 0.0734. The second-order valence-corrected chi connectivity index (χ2v) is 10.2. The lowest BCUT2D eigenvalue weighted by Gasteiger charge is -2.43. The van der Waals surface area contributed by atoms with Gasteiger partial charge in [-0.05, 0) is 48.6 Å². The number of carbonyl (C=O) groups excluding carboxylic acids is 1. The van der Waals surface area contributed by atoms with Crippen LogP contribution in [0.3, 0.4) is 0 Å². The van der Waals surface area contributed by atoms with Crippen LogP contribution in [0.4, 0.5) is 0 Å². The number of benzene rings is 2. The van der Waals surface area contributed by atoms with Gasteiger partial charge in [-0.3, -0.25) is 4.79 Å². The Hall–Kier alpha value is -4.02. The maximum atomic E-state index is 13.6. The van der Waals surface area contributed by atoms with E-state index in [0.29, 0.717) is 46.2 Å². The smallest absolute Gasteiger partial charge is 0.254 e. The van der Waals surface area contributed by atoms with Gasteiger partial charge in [0.15, 0.2) is 0 Å². The summed E-state index contributed by atoms with van der Waals surface area (Å²) in [4.78, 5) is 28.6. The highest BCUT2D eigenvalue weighted by Crippen LogP contribution is 2.48. The van der Waals surface area contributed by atoms with E-state index < -0.39 is 24.5 Å². The highest BCUT2D eigenvalue weighted by atomic mass is 16.2. The number of rotatable bonds is 2. The number of nitrogens with zero attached hydrogens (tertiary/aromatic N) is 5. The molecule has 4 aromatic rings. The van der Waals surface area contributed by atoms with E-state index >= 15 is 0 Å². The van der Waals surface area contributed by atoms with Crippen LogP contribution in [-0.2, 0) is 5.54 Å². The molecule has 0 spiro atoms. The molecule has 0 radical (unpaired) electrons. The van der Waals surface area contributed by atoms with E-state index in [1.165, 1.54) is 0 Å². The summed E-state index contributed by atoms with van der Waals surface area (Å²) in [6.07, 6.45) is 11.8. The fraction of sp³-hybridized carbons (Fsp3) is 0.310. The van der Waals surface area contributed by atoms with Crippen molar-refractivity contribution in [2.24, 2.45) is 11.7 Å². The van der Waals surface area contributed by atoms with Crippen molar-refractivity contribution in [2.45, 2.75) is 43.8 Å².